The first kappa shape index (κ1) is 39.4. The molecule has 0 aromatic heterocycles. The third-order valence-corrected chi connectivity index (χ3v) is 13.7. The van der Waals surface area contributed by atoms with Gasteiger partial charge in [-0.2, -0.15) is 15.0 Å². The van der Waals surface area contributed by atoms with Crippen LogP contribution in [0.4, 0.5) is 0 Å². The summed E-state index contributed by atoms with van der Waals surface area (Å²) in [5, 5.41) is 18.1. The molecule has 264 valence electrons. The summed E-state index contributed by atoms with van der Waals surface area (Å²) in [7, 11) is 2.53. The van der Waals surface area contributed by atoms with Crippen molar-refractivity contribution in [1.29, 1.82) is 0 Å². The molecule has 17 heteroatoms. The molecule has 1 aliphatic carbocycles. The van der Waals surface area contributed by atoms with Crippen LogP contribution in [0, 0.1) is 5.92 Å². The second-order valence-corrected chi connectivity index (χ2v) is 18.1. The maximum atomic E-state index is 9.19. The molecule has 0 saturated carbocycles. The molecule has 49 heavy (non-hydrogen) atoms. The quantitative estimate of drug-likeness (QED) is 0.0416. The lowest BCUT2D eigenvalue weighted by Gasteiger charge is -2.27. The van der Waals surface area contributed by atoms with Gasteiger partial charge in [-0.05, 0) is 120 Å². The predicted molar refractivity (Wildman–Crippen MR) is 214 cm³/mol. The predicted octanol–water partition coefficient (Wildman–Crippen LogP) is 6.83. The van der Waals surface area contributed by atoms with Crippen molar-refractivity contribution >= 4 is 69.9 Å². The first-order chi connectivity index (χ1) is 23.6. The van der Waals surface area contributed by atoms with E-state index in [0.29, 0.717) is 17.4 Å². The van der Waals surface area contributed by atoms with Gasteiger partial charge < -0.3 is 23.4 Å². The number of hydrazine groups is 1. The Hall–Kier alpha value is -2.34. The molecule has 0 radical (unpaired) electrons. The fourth-order valence-electron chi connectivity index (χ4n) is 4.33. The molecule has 0 spiro atoms. The molecule has 0 aliphatic heterocycles. The van der Waals surface area contributed by atoms with Gasteiger partial charge in [0.25, 0.3) is 7.50 Å². The number of hydrogen-bond donors (Lipinski definition) is 3. The first-order valence-corrected chi connectivity index (χ1v) is 22.7. The number of aliphatic hydroxyl groups excluding tert-OH is 1. The summed E-state index contributed by atoms with van der Waals surface area (Å²) in [5.41, 5.74) is 6.10. The van der Waals surface area contributed by atoms with Gasteiger partial charge in [0.2, 0.25) is 0 Å². The van der Waals surface area contributed by atoms with Crippen LogP contribution in [0.25, 0.3) is 0 Å². The third-order valence-electron chi connectivity index (χ3n) is 7.30. The molecule has 3 aromatic carbocycles. The Bertz CT molecular complexity index is 1600. The average molecular weight is 781 g/mol. The van der Waals surface area contributed by atoms with Gasteiger partial charge in [0.05, 0.1) is 32.2 Å². The summed E-state index contributed by atoms with van der Waals surface area (Å²) < 4.78 is 28.6. The van der Waals surface area contributed by atoms with Crippen molar-refractivity contribution in [3.05, 3.63) is 102 Å². The number of ether oxygens (including phenoxy) is 1. The Morgan fingerprint density at radius 3 is 2.08 bits per heavy atom. The summed E-state index contributed by atoms with van der Waals surface area (Å²) in [6.07, 6.45) is 9.66. The van der Waals surface area contributed by atoms with Crippen LogP contribution >= 0.6 is 33.9 Å². The van der Waals surface area contributed by atoms with Crippen LogP contribution in [0.1, 0.15) is 29.5 Å². The van der Waals surface area contributed by atoms with E-state index < -0.39 is 21.7 Å². The molecule has 1 aliphatic rings. The monoisotopic (exact) mass is 780 g/mol. The van der Waals surface area contributed by atoms with Crippen molar-refractivity contribution in [3.63, 3.8) is 0 Å². The van der Waals surface area contributed by atoms with Crippen molar-refractivity contribution in [2.24, 2.45) is 16.1 Å². The van der Waals surface area contributed by atoms with E-state index in [1.54, 1.807) is 48.3 Å². The van der Waals surface area contributed by atoms with Crippen LogP contribution in [0.5, 0.6) is 17.2 Å². The lowest BCUT2D eigenvalue weighted by molar-refractivity contribution is 0.228. The van der Waals surface area contributed by atoms with Crippen LogP contribution < -0.4 is 19.2 Å². The zero-order chi connectivity index (χ0) is 35.2. The summed E-state index contributed by atoms with van der Waals surface area (Å²) in [6.45, 7) is 0.740. The SMILES string of the molecule is COc1ccc(/C=N/N(C)[PH](=S)OC2C=CC(CNN(C)[PH](=S)Oc3ccc(/C=N/N(C)P(S)Oc4ccc(CO)cc4)cc3)CC2)cc1. The van der Waals surface area contributed by atoms with E-state index in [2.05, 4.69) is 40.0 Å². The number of methoxy groups -OCH3 is 1. The second-order valence-electron chi connectivity index (χ2n) is 10.9. The fourth-order valence-corrected chi connectivity index (χ4v) is 7.77. The molecule has 0 heterocycles. The Balaban J connectivity index is 1.15. The van der Waals surface area contributed by atoms with Crippen molar-refractivity contribution < 1.29 is 23.4 Å². The number of aliphatic hydroxyl groups is 1. The highest BCUT2D eigenvalue weighted by atomic mass is 32.7. The van der Waals surface area contributed by atoms with Gasteiger partial charge in [0.15, 0.2) is 14.1 Å². The minimum absolute atomic E-state index is 0.00991. The van der Waals surface area contributed by atoms with Crippen LogP contribution in [0.3, 0.4) is 0 Å². The maximum Gasteiger partial charge on any atom is 0.271 e. The minimum atomic E-state index is -1.73. The van der Waals surface area contributed by atoms with Crippen molar-refractivity contribution in [2.45, 2.75) is 25.6 Å². The molecule has 3 aromatic rings. The molecule has 0 saturated heterocycles. The van der Waals surface area contributed by atoms with Crippen LogP contribution in [0.2, 0.25) is 0 Å². The van der Waals surface area contributed by atoms with E-state index in [9.17, 15) is 5.11 Å². The van der Waals surface area contributed by atoms with Gasteiger partial charge in [0.1, 0.15) is 17.2 Å². The van der Waals surface area contributed by atoms with Gasteiger partial charge in [-0.1, -0.05) is 36.5 Å². The normalized spacial score (nSPS) is 18.0. The Morgan fingerprint density at radius 1 is 0.878 bits per heavy atom. The third kappa shape index (κ3) is 13.4. The van der Waals surface area contributed by atoms with E-state index in [-0.39, 0.29) is 12.7 Å². The van der Waals surface area contributed by atoms with E-state index in [4.69, 9.17) is 41.9 Å². The number of nitrogens with zero attached hydrogens (tertiary/aromatic N) is 5. The zero-order valence-corrected chi connectivity index (χ0v) is 33.2. The number of benzene rings is 3. The van der Waals surface area contributed by atoms with Gasteiger partial charge in [-0.3, -0.25) is 4.78 Å². The summed E-state index contributed by atoms with van der Waals surface area (Å²) in [5.74, 6) is 2.52. The number of hydrazone groups is 2. The molecule has 0 amide bonds. The van der Waals surface area contributed by atoms with Crippen LogP contribution in [0.15, 0.2) is 95.2 Å². The van der Waals surface area contributed by atoms with E-state index >= 15 is 0 Å². The van der Waals surface area contributed by atoms with Crippen LogP contribution in [-0.4, -0.2) is 72.8 Å². The Morgan fingerprint density at radius 2 is 1.49 bits per heavy atom. The lowest BCUT2D eigenvalue weighted by Crippen LogP contribution is -2.34. The van der Waals surface area contributed by atoms with Gasteiger partial charge in [-0.25, -0.2) is 10.2 Å². The average Bonchev–Trinajstić information content (AvgIpc) is 3.13. The van der Waals surface area contributed by atoms with Gasteiger partial charge in [-0.15, -0.1) is 0 Å². The van der Waals surface area contributed by atoms with E-state index in [1.807, 2.05) is 79.5 Å². The summed E-state index contributed by atoms with van der Waals surface area (Å²) >= 11 is 15.9. The molecule has 2 N–H and O–H groups in total. The fraction of sp³-hybridized carbons (Fsp3) is 0.312. The summed E-state index contributed by atoms with van der Waals surface area (Å²) in [6, 6.07) is 22.5. The summed E-state index contributed by atoms with van der Waals surface area (Å²) in [4.78, 5) is 0. The maximum absolute atomic E-state index is 9.19. The molecule has 0 fully saturated rings. The van der Waals surface area contributed by atoms with Gasteiger partial charge >= 0.3 is 0 Å². The van der Waals surface area contributed by atoms with Crippen molar-refractivity contribution in [2.75, 3.05) is 34.8 Å². The molecule has 5 unspecified atom stereocenters. The zero-order valence-electron chi connectivity index (χ0n) is 27.7. The van der Waals surface area contributed by atoms with Gasteiger partial charge in [0, 0.05) is 27.7 Å². The number of rotatable bonds is 18. The van der Waals surface area contributed by atoms with E-state index in [1.165, 1.54) is 0 Å². The molecule has 5 atom stereocenters. The number of nitrogens with one attached hydrogen (secondary N) is 1. The standard InChI is InChI=1S/C32H43N6O5P3S3/c1-36(33-21-25-5-13-29(40-4)14-6-25)44(47)41-30-15-7-26(8-16-30)22-34-37(2)45(48)42-31-17-9-27(10-18-31)23-35-38(3)46(49)43-32-19-11-28(24-39)12-20-32/h5-7,9-15,17-21,23,26,30,34,39,44-45,49H,8,16,22,24H2,1-4H3/b33-21+,35-23+. The Kier molecular flexibility index (Phi) is 16.5. The molecule has 4 rings (SSSR count). The highest BCUT2D eigenvalue weighted by Crippen LogP contribution is 2.45. The molecular weight excluding hydrogens is 738 g/mol. The highest BCUT2D eigenvalue weighted by Gasteiger charge is 2.19. The lowest BCUT2D eigenvalue weighted by atomic mass is 9.94. The smallest absolute Gasteiger partial charge is 0.271 e. The molecule has 0 bridgehead atoms. The first-order valence-electron chi connectivity index (χ1n) is 15.4. The molecule has 11 nitrogen and oxygen atoms in total. The van der Waals surface area contributed by atoms with Crippen molar-refractivity contribution in [3.8, 4) is 17.2 Å². The second kappa shape index (κ2) is 20.5. The molecular formula is C32H43N6O5P3S3. The van der Waals surface area contributed by atoms with Crippen molar-refractivity contribution in [1.82, 2.24) is 19.8 Å². The number of thiol groups is 1. The number of hydrogen-bond acceptors (Lipinski definition) is 12. The van der Waals surface area contributed by atoms with Crippen LogP contribution in [-0.2, 0) is 34.7 Å². The topological polar surface area (TPSA) is 104 Å². The largest absolute Gasteiger partial charge is 0.497 e. The Labute approximate surface area is 307 Å². The minimum Gasteiger partial charge on any atom is -0.497 e. The highest BCUT2D eigenvalue weighted by molar-refractivity contribution is 8.42. The van der Waals surface area contributed by atoms with E-state index in [0.717, 1.165) is 41.8 Å².